The Morgan fingerprint density at radius 3 is 2.87 bits per heavy atom. The molecule has 0 spiro atoms. The molecule has 0 fully saturated rings. The molecule has 0 radical (unpaired) electrons. The Bertz CT molecular complexity index is 850. The Kier molecular flexibility index (Phi) is 3.71. The first-order chi connectivity index (χ1) is 11.3. The van der Waals surface area contributed by atoms with Crippen molar-refractivity contribution in [3.05, 3.63) is 70.8 Å². The predicted molar refractivity (Wildman–Crippen MR) is 96.6 cm³/mol. The normalized spacial score (nSPS) is 13.0. The summed E-state index contributed by atoms with van der Waals surface area (Å²) in [5.41, 5.74) is 3.54. The van der Waals surface area contributed by atoms with E-state index in [4.69, 9.17) is 0 Å². The van der Waals surface area contributed by atoms with E-state index in [2.05, 4.69) is 60.4 Å². The molecule has 0 bridgehead atoms. The minimum atomic E-state index is 0.731. The van der Waals surface area contributed by atoms with E-state index >= 15 is 0 Å². The molecular weight excluding hydrogens is 352 g/mol. The second kappa shape index (κ2) is 6.01. The van der Waals surface area contributed by atoms with E-state index in [1.54, 1.807) is 6.20 Å². The molecule has 114 valence electrons. The van der Waals surface area contributed by atoms with E-state index in [-0.39, 0.29) is 0 Å². The van der Waals surface area contributed by atoms with Crippen LogP contribution in [-0.2, 0) is 6.42 Å². The molecule has 1 N–H and O–H groups in total. The van der Waals surface area contributed by atoms with Crippen molar-refractivity contribution >= 4 is 39.1 Å². The van der Waals surface area contributed by atoms with Crippen molar-refractivity contribution in [3.63, 3.8) is 0 Å². The molecule has 0 unspecified atom stereocenters. The van der Waals surface area contributed by atoms with Crippen molar-refractivity contribution in [1.82, 2.24) is 9.97 Å². The number of fused-ring (bicyclic) bond motifs is 1. The topological polar surface area (TPSA) is 41.1 Å². The predicted octanol–water partition coefficient (Wildman–Crippen LogP) is 4.68. The monoisotopic (exact) mass is 366 g/mol. The highest BCUT2D eigenvalue weighted by Crippen LogP contribution is 2.32. The number of hydrogen-bond acceptors (Lipinski definition) is 4. The Morgan fingerprint density at radius 1 is 1.04 bits per heavy atom. The zero-order valence-corrected chi connectivity index (χ0v) is 14.0. The van der Waals surface area contributed by atoms with Gasteiger partial charge in [-0.05, 0) is 42.3 Å². The maximum atomic E-state index is 4.67. The van der Waals surface area contributed by atoms with Crippen LogP contribution in [0.1, 0.15) is 5.56 Å². The van der Waals surface area contributed by atoms with Crippen LogP contribution in [0.5, 0.6) is 0 Å². The largest absolute Gasteiger partial charge is 0.340 e. The van der Waals surface area contributed by atoms with E-state index in [0.29, 0.717) is 0 Å². The van der Waals surface area contributed by atoms with E-state index in [9.17, 15) is 0 Å². The number of rotatable bonds is 3. The van der Waals surface area contributed by atoms with Crippen LogP contribution in [-0.4, -0.2) is 16.5 Å². The van der Waals surface area contributed by atoms with Crippen LogP contribution in [0.3, 0.4) is 0 Å². The number of para-hydroxylation sites is 1. The number of anilines is 4. The minimum absolute atomic E-state index is 0.731. The van der Waals surface area contributed by atoms with Crippen molar-refractivity contribution in [3.8, 4) is 0 Å². The molecule has 0 aliphatic carbocycles. The van der Waals surface area contributed by atoms with Crippen LogP contribution < -0.4 is 10.2 Å². The van der Waals surface area contributed by atoms with Crippen molar-refractivity contribution in [1.29, 1.82) is 0 Å². The number of aromatic nitrogens is 2. The number of benzene rings is 2. The van der Waals surface area contributed by atoms with Crippen molar-refractivity contribution in [2.24, 2.45) is 0 Å². The molecule has 3 aromatic rings. The van der Waals surface area contributed by atoms with Crippen LogP contribution in [0.25, 0.3) is 0 Å². The molecule has 4 rings (SSSR count). The van der Waals surface area contributed by atoms with Gasteiger partial charge in [-0.25, -0.2) is 4.98 Å². The third-order valence-corrected chi connectivity index (χ3v) is 4.36. The molecule has 1 aromatic heterocycles. The van der Waals surface area contributed by atoms with E-state index in [0.717, 1.165) is 34.9 Å². The van der Waals surface area contributed by atoms with Gasteiger partial charge in [-0.15, -0.1) is 0 Å². The van der Waals surface area contributed by atoms with Crippen LogP contribution in [0.15, 0.2) is 65.3 Å². The quantitative estimate of drug-likeness (QED) is 0.730. The Balaban J connectivity index is 1.62. The number of nitrogens with zero attached hydrogens (tertiary/aromatic N) is 3. The summed E-state index contributed by atoms with van der Waals surface area (Å²) in [5.74, 6) is 1.52. The third-order valence-electron chi connectivity index (χ3n) is 3.87. The van der Waals surface area contributed by atoms with Gasteiger partial charge in [-0.2, -0.15) is 4.98 Å². The van der Waals surface area contributed by atoms with Gasteiger partial charge in [0.1, 0.15) is 5.82 Å². The fourth-order valence-electron chi connectivity index (χ4n) is 2.81. The summed E-state index contributed by atoms with van der Waals surface area (Å²) in [4.78, 5) is 11.3. The van der Waals surface area contributed by atoms with Gasteiger partial charge in [0.15, 0.2) is 0 Å². The van der Waals surface area contributed by atoms with Crippen molar-refractivity contribution in [2.75, 3.05) is 16.8 Å². The molecule has 2 heterocycles. The van der Waals surface area contributed by atoms with Crippen LogP contribution >= 0.6 is 15.9 Å². The second-order valence-corrected chi connectivity index (χ2v) is 6.32. The Labute approximate surface area is 143 Å². The van der Waals surface area contributed by atoms with E-state index < -0.39 is 0 Å². The molecule has 2 aromatic carbocycles. The number of nitrogens with one attached hydrogen (secondary N) is 1. The summed E-state index contributed by atoms with van der Waals surface area (Å²) in [7, 11) is 0. The van der Waals surface area contributed by atoms with Gasteiger partial charge >= 0.3 is 0 Å². The summed E-state index contributed by atoms with van der Waals surface area (Å²) < 4.78 is 1.03. The fourth-order valence-corrected chi connectivity index (χ4v) is 3.21. The first-order valence-electron chi connectivity index (χ1n) is 7.51. The van der Waals surface area contributed by atoms with Crippen LogP contribution in [0, 0.1) is 0 Å². The lowest BCUT2D eigenvalue weighted by Crippen LogP contribution is -2.16. The fraction of sp³-hybridized carbons (Fsp3) is 0.111. The summed E-state index contributed by atoms with van der Waals surface area (Å²) >= 11 is 3.48. The molecule has 5 heteroatoms. The summed E-state index contributed by atoms with van der Waals surface area (Å²) in [6.07, 6.45) is 2.83. The van der Waals surface area contributed by atoms with Crippen LogP contribution in [0.2, 0.25) is 0 Å². The number of hydrogen-bond donors (Lipinski definition) is 1. The van der Waals surface area contributed by atoms with Gasteiger partial charge in [-0.1, -0.05) is 40.2 Å². The minimum Gasteiger partial charge on any atom is -0.340 e. The molecule has 23 heavy (non-hydrogen) atoms. The van der Waals surface area contributed by atoms with Gasteiger partial charge in [0.05, 0.1) is 0 Å². The summed E-state index contributed by atoms with van der Waals surface area (Å²) in [5, 5.41) is 3.32. The highest BCUT2D eigenvalue weighted by Gasteiger charge is 2.21. The summed E-state index contributed by atoms with van der Waals surface area (Å²) in [6.45, 7) is 0.916. The van der Waals surface area contributed by atoms with E-state index in [1.165, 1.54) is 11.3 Å². The molecule has 0 amide bonds. The molecule has 0 saturated carbocycles. The Morgan fingerprint density at radius 2 is 1.96 bits per heavy atom. The summed E-state index contributed by atoms with van der Waals surface area (Å²) in [6, 6.07) is 18.3. The van der Waals surface area contributed by atoms with Crippen molar-refractivity contribution in [2.45, 2.75) is 6.42 Å². The zero-order chi connectivity index (χ0) is 15.6. The molecule has 4 nitrogen and oxygen atoms in total. The smallest absolute Gasteiger partial charge is 0.231 e. The van der Waals surface area contributed by atoms with Gasteiger partial charge in [0.25, 0.3) is 0 Å². The lowest BCUT2D eigenvalue weighted by molar-refractivity contribution is 0.941. The molecule has 1 aliphatic rings. The Hall–Kier alpha value is -2.40. The molecule has 1 aliphatic heterocycles. The van der Waals surface area contributed by atoms with Crippen molar-refractivity contribution < 1.29 is 0 Å². The van der Waals surface area contributed by atoms with Gasteiger partial charge in [-0.3, -0.25) is 0 Å². The van der Waals surface area contributed by atoms with Gasteiger partial charge < -0.3 is 10.2 Å². The zero-order valence-electron chi connectivity index (χ0n) is 12.4. The SMILES string of the molecule is Brc1cccc(Nc2ccnc(N3CCc4ccccc43)n2)c1. The second-order valence-electron chi connectivity index (χ2n) is 5.41. The van der Waals surface area contributed by atoms with E-state index in [1.807, 2.05) is 30.3 Å². The molecule has 0 saturated heterocycles. The lowest BCUT2D eigenvalue weighted by Gasteiger charge is -2.17. The van der Waals surface area contributed by atoms with Crippen LogP contribution in [0.4, 0.5) is 23.1 Å². The van der Waals surface area contributed by atoms with Gasteiger partial charge in [0.2, 0.25) is 5.95 Å². The van der Waals surface area contributed by atoms with Gasteiger partial charge in [0, 0.05) is 28.6 Å². The lowest BCUT2D eigenvalue weighted by atomic mass is 10.2. The first-order valence-corrected chi connectivity index (χ1v) is 8.30. The molecule has 0 atom stereocenters. The number of halogens is 1. The highest BCUT2D eigenvalue weighted by atomic mass is 79.9. The average Bonchev–Trinajstić information content (AvgIpc) is 2.99. The maximum absolute atomic E-state index is 4.67. The standard InChI is InChI=1S/C18H15BrN4/c19-14-5-3-6-15(12-14)21-17-8-10-20-18(22-17)23-11-9-13-4-1-2-7-16(13)23/h1-8,10,12H,9,11H2,(H,20,21,22). The average molecular weight is 367 g/mol. The highest BCUT2D eigenvalue weighted by molar-refractivity contribution is 9.10. The third kappa shape index (κ3) is 2.92. The maximum Gasteiger partial charge on any atom is 0.231 e. The first kappa shape index (κ1) is 14.2. The molecular formula is C18H15BrN4.